The van der Waals surface area contributed by atoms with Gasteiger partial charge in [-0.15, -0.1) is 12.4 Å². The molecule has 0 spiro atoms. The fraction of sp³-hybridized carbons (Fsp3) is 0.714. The van der Waals surface area contributed by atoms with Crippen LogP contribution in [0.5, 0.6) is 0 Å². The van der Waals surface area contributed by atoms with E-state index >= 15 is 0 Å². The Balaban J connectivity index is 0.00000529. The lowest BCUT2D eigenvalue weighted by Gasteiger charge is -2.16. The number of aryl methyl sites for hydroxylation is 2. The van der Waals surface area contributed by atoms with Crippen molar-refractivity contribution < 1.29 is 13.2 Å². The van der Waals surface area contributed by atoms with E-state index in [4.69, 9.17) is 5.73 Å². The second kappa shape index (κ2) is 10.7. The molecule has 4 N–H and O–H groups in total. The Morgan fingerprint density at radius 2 is 2.12 bits per heavy atom. The lowest BCUT2D eigenvalue weighted by atomic mass is 10.1. The van der Waals surface area contributed by atoms with Crippen molar-refractivity contribution in [3.8, 4) is 0 Å². The zero-order valence-electron chi connectivity index (χ0n) is 14.4. The van der Waals surface area contributed by atoms with Gasteiger partial charge in [0.15, 0.2) is 5.03 Å². The minimum atomic E-state index is -3.69. The van der Waals surface area contributed by atoms with Crippen LogP contribution in [-0.2, 0) is 21.9 Å². The van der Waals surface area contributed by atoms with Crippen molar-refractivity contribution in [2.45, 2.75) is 50.6 Å². The van der Waals surface area contributed by atoms with Gasteiger partial charge >= 0.3 is 0 Å². The number of aromatic nitrogens is 2. The van der Waals surface area contributed by atoms with Crippen LogP contribution in [0.3, 0.4) is 0 Å². The molecule has 0 bridgehead atoms. The van der Waals surface area contributed by atoms with Crippen LogP contribution >= 0.6 is 12.4 Å². The van der Waals surface area contributed by atoms with Gasteiger partial charge in [0.1, 0.15) is 5.82 Å². The molecule has 1 aromatic heterocycles. The lowest BCUT2D eigenvalue weighted by molar-refractivity contribution is -0.121. The van der Waals surface area contributed by atoms with Crippen molar-refractivity contribution in [2.24, 2.45) is 12.8 Å². The second-order valence-electron chi connectivity index (χ2n) is 5.53. The van der Waals surface area contributed by atoms with Crippen LogP contribution in [0.4, 0.5) is 0 Å². The van der Waals surface area contributed by atoms with Crippen LogP contribution < -0.4 is 15.8 Å². The Kier molecular flexibility index (Phi) is 10.1. The number of amides is 1. The Bertz CT molecular complexity index is 598. The number of nitrogens with one attached hydrogen (secondary N) is 2. The highest BCUT2D eigenvalue weighted by atomic mass is 35.5. The number of unbranched alkanes of at least 4 members (excludes halogenated alkanes) is 1. The van der Waals surface area contributed by atoms with Crippen molar-refractivity contribution in [3.63, 3.8) is 0 Å². The fourth-order valence-corrected chi connectivity index (χ4v) is 3.10. The lowest BCUT2D eigenvalue weighted by Crippen LogP contribution is -2.41. The second-order valence-corrected chi connectivity index (χ2v) is 7.24. The number of rotatable bonds is 10. The van der Waals surface area contributed by atoms with Crippen LogP contribution in [0, 0.1) is 6.92 Å². The van der Waals surface area contributed by atoms with Crippen LogP contribution in [0.15, 0.2) is 11.2 Å². The Hall–Kier alpha value is -1.16. The van der Waals surface area contributed by atoms with Gasteiger partial charge in [0, 0.05) is 38.8 Å². The summed E-state index contributed by atoms with van der Waals surface area (Å²) >= 11 is 0. The molecule has 0 aliphatic rings. The molecule has 0 aromatic carbocycles. The zero-order chi connectivity index (χ0) is 17.5. The molecule has 1 aromatic rings. The summed E-state index contributed by atoms with van der Waals surface area (Å²) in [6.45, 7) is 4.19. The molecular formula is C14H28ClN5O3S. The normalized spacial score (nSPS) is 12.5. The van der Waals surface area contributed by atoms with Gasteiger partial charge in [0.05, 0.1) is 0 Å². The van der Waals surface area contributed by atoms with Gasteiger partial charge in [-0.1, -0.05) is 19.8 Å². The molecule has 1 unspecified atom stereocenters. The Labute approximate surface area is 150 Å². The fourth-order valence-electron chi connectivity index (χ4n) is 2.03. The molecule has 0 saturated heterocycles. The van der Waals surface area contributed by atoms with Crippen molar-refractivity contribution in [3.05, 3.63) is 12.0 Å². The van der Waals surface area contributed by atoms with Crippen molar-refractivity contribution in [2.75, 3.05) is 13.1 Å². The van der Waals surface area contributed by atoms with Gasteiger partial charge in [-0.2, -0.15) is 0 Å². The van der Waals surface area contributed by atoms with E-state index in [0.29, 0.717) is 12.4 Å². The van der Waals surface area contributed by atoms with E-state index in [9.17, 15) is 13.2 Å². The molecule has 1 heterocycles. The molecule has 0 radical (unpaired) electrons. The minimum Gasteiger partial charge on any atom is -0.352 e. The standard InChI is InChI=1S/C14H27N5O3S.ClH/c1-4-5-6-12(9-15)18-13(20)7-8-16-23(21,22)14-10-19(3)11(2)17-14;/h10,12,16H,4-9,15H2,1-3H3,(H,18,20);1H. The summed E-state index contributed by atoms with van der Waals surface area (Å²) in [7, 11) is -1.97. The topological polar surface area (TPSA) is 119 Å². The summed E-state index contributed by atoms with van der Waals surface area (Å²) in [5.74, 6) is 0.390. The number of carbonyl (C=O) groups is 1. The van der Waals surface area contributed by atoms with E-state index in [1.54, 1.807) is 18.5 Å². The minimum absolute atomic E-state index is 0. The third-order valence-corrected chi connectivity index (χ3v) is 4.89. The number of halogens is 1. The van der Waals surface area contributed by atoms with E-state index in [0.717, 1.165) is 19.3 Å². The zero-order valence-corrected chi connectivity index (χ0v) is 16.0. The molecule has 1 rings (SSSR count). The molecular weight excluding hydrogens is 354 g/mol. The van der Waals surface area contributed by atoms with E-state index in [1.165, 1.54) is 6.20 Å². The molecule has 140 valence electrons. The molecule has 24 heavy (non-hydrogen) atoms. The van der Waals surface area contributed by atoms with Gasteiger partial charge in [-0.25, -0.2) is 18.1 Å². The number of hydrogen-bond acceptors (Lipinski definition) is 5. The van der Waals surface area contributed by atoms with Crippen molar-refractivity contribution in [1.29, 1.82) is 0 Å². The summed E-state index contributed by atoms with van der Waals surface area (Å²) in [5, 5.41) is 2.78. The first kappa shape index (κ1) is 22.8. The summed E-state index contributed by atoms with van der Waals surface area (Å²) in [6, 6.07) is -0.0579. The van der Waals surface area contributed by atoms with Gasteiger partial charge in [0.2, 0.25) is 5.91 Å². The van der Waals surface area contributed by atoms with Crippen molar-refractivity contribution >= 4 is 28.3 Å². The van der Waals surface area contributed by atoms with Gasteiger partial charge in [-0.3, -0.25) is 4.79 Å². The predicted molar refractivity (Wildman–Crippen MR) is 95.5 cm³/mol. The molecule has 1 amide bonds. The summed E-state index contributed by atoms with van der Waals surface area (Å²) in [5.41, 5.74) is 5.62. The number of sulfonamides is 1. The molecule has 8 nitrogen and oxygen atoms in total. The third kappa shape index (κ3) is 7.16. The average Bonchev–Trinajstić information content (AvgIpc) is 2.83. The van der Waals surface area contributed by atoms with Gasteiger partial charge in [0.25, 0.3) is 10.0 Å². The molecule has 0 aliphatic heterocycles. The first-order chi connectivity index (χ1) is 10.8. The average molecular weight is 382 g/mol. The van der Waals surface area contributed by atoms with E-state index in [2.05, 4.69) is 21.9 Å². The monoisotopic (exact) mass is 381 g/mol. The number of hydrogen-bond donors (Lipinski definition) is 3. The molecule has 0 saturated carbocycles. The van der Waals surface area contributed by atoms with Gasteiger partial charge in [-0.05, 0) is 13.3 Å². The maximum Gasteiger partial charge on any atom is 0.259 e. The first-order valence-electron chi connectivity index (χ1n) is 7.79. The van der Waals surface area contributed by atoms with E-state index in [1.807, 2.05) is 0 Å². The summed E-state index contributed by atoms with van der Waals surface area (Å²) < 4.78 is 28.1. The summed E-state index contributed by atoms with van der Waals surface area (Å²) in [4.78, 5) is 15.8. The number of imidazole rings is 1. The van der Waals surface area contributed by atoms with Crippen LogP contribution in [-0.4, -0.2) is 43.0 Å². The number of nitrogens with two attached hydrogens (primary N) is 1. The third-order valence-electron chi connectivity index (χ3n) is 3.56. The van der Waals surface area contributed by atoms with E-state index < -0.39 is 10.0 Å². The summed E-state index contributed by atoms with van der Waals surface area (Å²) in [6.07, 6.45) is 4.36. The van der Waals surface area contributed by atoms with Crippen LogP contribution in [0.25, 0.3) is 0 Å². The molecule has 0 fully saturated rings. The SMILES string of the molecule is CCCCC(CN)NC(=O)CCNS(=O)(=O)c1cn(C)c(C)n1.Cl. The molecule has 0 aliphatic carbocycles. The van der Waals surface area contributed by atoms with Gasteiger partial charge < -0.3 is 15.6 Å². The number of carbonyl (C=O) groups excluding carboxylic acids is 1. The highest BCUT2D eigenvalue weighted by molar-refractivity contribution is 7.89. The Morgan fingerprint density at radius 1 is 1.46 bits per heavy atom. The predicted octanol–water partition coefficient (Wildman–Crippen LogP) is 0.452. The quantitative estimate of drug-likeness (QED) is 0.543. The first-order valence-corrected chi connectivity index (χ1v) is 9.27. The van der Waals surface area contributed by atoms with E-state index in [-0.39, 0.29) is 42.3 Å². The van der Waals surface area contributed by atoms with Crippen molar-refractivity contribution in [1.82, 2.24) is 19.6 Å². The smallest absolute Gasteiger partial charge is 0.259 e. The highest BCUT2D eigenvalue weighted by Crippen LogP contribution is 2.07. The van der Waals surface area contributed by atoms with Crippen LogP contribution in [0.1, 0.15) is 38.4 Å². The highest BCUT2D eigenvalue weighted by Gasteiger charge is 2.18. The largest absolute Gasteiger partial charge is 0.352 e. The Morgan fingerprint density at radius 3 is 2.62 bits per heavy atom. The molecule has 1 atom stereocenters. The maximum absolute atomic E-state index is 12.1. The maximum atomic E-state index is 12.1. The van der Waals surface area contributed by atoms with Crippen LogP contribution in [0.2, 0.25) is 0 Å². The number of nitrogens with zero attached hydrogens (tertiary/aromatic N) is 2. The molecule has 10 heteroatoms.